The van der Waals surface area contributed by atoms with Crippen LogP contribution in [0.2, 0.25) is 0 Å². The van der Waals surface area contributed by atoms with E-state index in [0.29, 0.717) is 23.0 Å². The molecule has 4 aromatic heterocycles. The number of hydrogen-bond donors (Lipinski definition) is 2. The van der Waals surface area contributed by atoms with Crippen molar-refractivity contribution in [2.45, 2.75) is 0 Å². The predicted octanol–water partition coefficient (Wildman–Crippen LogP) is 1.97. The quantitative estimate of drug-likeness (QED) is 0.595. The number of aromatic nitrogens is 7. The van der Waals surface area contributed by atoms with Crippen molar-refractivity contribution in [1.82, 2.24) is 35.5 Å². The lowest BCUT2D eigenvalue weighted by molar-refractivity contribution is 0.433. The molecule has 0 aliphatic rings. The highest BCUT2D eigenvalue weighted by Gasteiger charge is 2.14. The van der Waals surface area contributed by atoms with Gasteiger partial charge >= 0.3 is 0 Å². The summed E-state index contributed by atoms with van der Waals surface area (Å²) in [6.45, 7) is 0. The molecule has 98 valence electrons. The zero-order valence-corrected chi connectivity index (χ0v) is 10.8. The zero-order chi connectivity index (χ0) is 13.4. The molecule has 0 bridgehead atoms. The van der Waals surface area contributed by atoms with Crippen molar-refractivity contribution in [3.8, 4) is 33.7 Å². The third-order valence-electron chi connectivity index (χ3n) is 2.66. The minimum absolute atomic E-state index is 0.594. The van der Waals surface area contributed by atoms with E-state index in [0.717, 1.165) is 10.7 Å². The summed E-state index contributed by atoms with van der Waals surface area (Å²) < 4.78 is 5.31. The lowest BCUT2D eigenvalue weighted by atomic mass is 10.2. The third-order valence-corrected chi connectivity index (χ3v) is 3.51. The van der Waals surface area contributed by atoms with Gasteiger partial charge in [-0.25, -0.2) is 9.97 Å². The van der Waals surface area contributed by atoms with Crippen LogP contribution in [0.25, 0.3) is 33.7 Å². The smallest absolute Gasteiger partial charge is 0.186 e. The van der Waals surface area contributed by atoms with Gasteiger partial charge in [0.1, 0.15) is 17.7 Å². The second-order valence-corrected chi connectivity index (χ2v) is 4.78. The van der Waals surface area contributed by atoms with Gasteiger partial charge < -0.3 is 4.52 Å². The molecule has 9 heteroatoms. The lowest BCUT2D eigenvalue weighted by Crippen LogP contribution is -1.80. The van der Waals surface area contributed by atoms with Crippen LogP contribution in [0.15, 0.2) is 34.6 Å². The second-order valence-electron chi connectivity index (χ2n) is 3.92. The van der Waals surface area contributed by atoms with Crippen molar-refractivity contribution in [2.24, 2.45) is 0 Å². The SMILES string of the molecule is c1cc(-c2cc(-c3csc(-c4ncn[nH]4)n3)on2)[nH]n1. The van der Waals surface area contributed by atoms with Gasteiger partial charge in [-0.05, 0) is 6.07 Å². The molecule has 0 radical (unpaired) electrons. The Bertz CT molecular complexity index is 744. The van der Waals surface area contributed by atoms with Crippen molar-refractivity contribution >= 4 is 11.3 Å². The fourth-order valence-electron chi connectivity index (χ4n) is 1.73. The van der Waals surface area contributed by atoms with Crippen molar-refractivity contribution < 1.29 is 4.52 Å². The fourth-order valence-corrected chi connectivity index (χ4v) is 2.48. The van der Waals surface area contributed by atoms with E-state index in [2.05, 4.69) is 35.5 Å². The molecule has 2 N–H and O–H groups in total. The summed E-state index contributed by atoms with van der Waals surface area (Å²) in [6, 6.07) is 3.63. The van der Waals surface area contributed by atoms with E-state index in [-0.39, 0.29) is 0 Å². The average Bonchev–Trinajstić information content (AvgIpc) is 3.22. The van der Waals surface area contributed by atoms with Gasteiger partial charge in [-0.3, -0.25) is 10.2 Å². The van der Waals surface area contributed by atoms with Crippen molar-refractivity contribution in [3.05, 3.63) is 30.0 Å². The average molecular weight is 285 g/mol. The van der Waals surface area contributed by atoms with Crippen molar-refractivity contribution in [1.29, 1.82) is 0 Å². The molecule has 0 saturated carbocycles. The Balaban J connectivity index is 1.68. The van der Waals surface area contributed by atoms with Crippen molar-refractivity contribution in [2.75, 3.05) is 0 Å². The summed E-state index contributed by atoms with van der Waals surface area (Å²) in [5, 5.41) is 19.9. The zero-order valence-electron chi connectivity index (χ0n) is 9.94. The van der Waals surface area contributed by atoms with Crippen LogP contribution in [-0.4, -0.2) is 35.5 Å². The monoisotopic (exact) mass is 285 g/mol. The molecule has 0 aliphatic carbocycles. The highest BCUT2D eigenvalue weighted by atomic mass is 32.1. The number of aromatic amines is 2. The molecule has 4 aromatic rings. The topological polar surface area (TPSA) is 109 Å². The normalized spacial score (nSPS) is 11.0. The van der Waals surface area contributed by atoms with E-state index in [1.54, 1.807) is 6.20 Å². The number of hydrogen-bond acceptors (Lipinski definition) is 7. The van der Waals surface area contributed by atoms with Crippen molar-refractivity contribution in [3.63, 3.8) is 0 Å². The van der Waals surface area contributed by atoms with Crippen LogP contribution in [0.1, 0.15) is 0 Å². The van der Waals surface area contributed by atoms with E-state index in [1.807, 2.05) is 17.5 Å². The standard InChI is InChI=1S/C11H7N7OS/c1-2-13-16-6(1)7-3-9(19-18-7)8-4-20-11(15-8)10-12-5-14-17-10/h1-5H,(H,13,16)(H,12,14,17). The van der Waals surface area contributed by atoms with Gasteiger partial charge in [0.25, 0.3) is 0 Å². The molecule has 0 unspecified atom stereocenters. The molecule has 0 fully saturated rings. The number of nitrogens with one attached hydrogen (secondary N) is 2. The summed E-state index contributed by atoms with van der Waals surface area (Å²) in [7, 11) is 0. The Labute approximate surface area is 115 Å². The molecule has 4 heterocycles. The van der Waals surface area contributed by atoms with Gasteiger partial charge in [-0.2, -0.15) is 10.2 Å². The van der Waals surface area contributed by atoms with Gasteiger partial charge in [0, 0.05) is 17.6 Å². The minimum atomic E-state index is 0.594. The predicted molar refractivity (Wildman–Crippen MR) is 70.6 cm³/mol. The van der Waals surface area contributed by atoms with Crippen LogP contribution >= 0.6 is 11.3 Å². The summed E-state index contributed by atoms with van der Waals surface area (Å²) in [5.74, 6) is 1.23. The number of H-pyrrole nitrogens is 2. The molecule has 8 nitrogen and oxygen atoms in total. The number of rotatable bonds is 3. The number of nitrogens with zero attached hydrogens (tertiary/aromatic N) is 5. The van der Waals surface area contributed by atoms with E-state index in [4.69, 9.17) is 4.52 Å². The first-order chi connectivity index (χ1) is 9.90. The highest BCUT2D eigenvalue weighted by Crippen LogP contribution is 2.28. The van der Waals surface area contributed by atoms with Crippen LogP contribution in [-0.2, 0) is 0 Å². The van der Waals surface area contributed by atoms with Crippen LogP contribution in [0, 0.1) is 0 Å². The Kier molecular flexibility index (Phi) is 2.42. The molecule has 0 amide bonds. The van der Waals surface area contributed by atoms with Gasteiger partial charge in [0.05, 0.1) is 5.69 Å². The summed E-state index contributed by atoms with van der Waals surface area (Å²) in [6.07, 6.45) is 3.11. The molecule has 0 spiro atoms. The van der Waals surface area contributed by atoms with E-state index < -0.39 is 0 Å². The first kappa shape index (κ1) is 11.1. The minimum Gasteiger partial charge on any atom is -0.354 e. The summed E-state index contributed by atoms with van der Waals surface area (Å²) in [5.41, 5.74) is 2.19. The molecular formula is C11H7N7OS. The summed E-state index contributed by atoms with van der Waals surface area (Å²) in [4.78, 5) is 8.50. The second kappa shape index (κ2) is 4.38. The molecule has 0 saturated heterocycles. The largest absolute Gasteiger partial charge is 0.354 e. The van der Waals surface area contributed by atoms with E-state index >= 15 is 0 Å². The Morgan fingerprint density at radius 2 is 2.15 bits per heavy atom. The Morgan fingerprint density at radius 1 is 1.15 bits per heavy atom. The van der Waals surface area contributed by atoms with E-state index in [1.165, 1.54) is 17.7 Å². The maximum atomic E-state index is 5.31. The molecule has 0 aromatic carbocycles. The first-order valence-electron chi connectivity index (χ1n) is 5.68. The Hall–Kier alpha value is -2.81. The van der Waals surface area contributed by atoms with Crippen LogP contribution in [0.3, 0.4) is 0 Å². The third kappa shape index (κ3) is 1.80. The van der Waals surface area contributed by atoms with Crippen LogP contribution in [0.4, 0.5) is 0 Å². The highest BCUT2D eigenvalue weighted by molar-refractivity contribution is 7.13. The van der Waals surface area contributed by atoms with E-state index in [9.17, 15) is 0 Å². The molecule has 0 atom stereocenters. The molecule has 0 aliphatic heterocycles. The summed E-state index contributed by atoms with van der Waals surface area (Å²) >= 11 is 1.46. The number of thiazole rings is 1. The first-order valence-corrected chi connectivity index (χ1v) is 6.56. The van der Waals surface area contributed by atoms with Gasteiger partial charge in [-0.15, -0.1) is 11.3 Å². The van der Waals surface area contributed by atoms with Gasteiger partial charge in [0.2, 0.25) is 0 Å². The molecule has 20 heavy (non-hydrogen) atoms. The Morgan fingerprint density at radius 3 is 2.95 bits per heavy atom. The molecular weight excluding hydrogens is 278 g/mol. The van der Waals surface area contributed by atoms with Gasteiger partial charge in [-0.1, -0.05) is 5.16 Å². The lowest BCUT2D eigenvalue weighted by Gasteiger charge is -1.86. The maximum Gasteiger partial charge on any atom is 0.186 e. The maximum absolute atomic E-state index is 5.31. The fraction of sp³-hybridized carbons (Fsp3) is 0. The van der Waals surface area contributed by atoms with Gasteiger partial charge in [0.15, 0.2) is 16.6 Å². The molecule has 4 rings (SSSR count). The van der Waals surface area contributed by atoms with Crippen LogP contribution < -0.4 is 0 Å². The van der Waals surface area contributed by atoms with Crippen LogP contribution in [0.5, 0.6) is 0 Å².